The average Bonchev–Trinajstić information content (AvgIpc) is 2.92. The van der Waals surface area contributed by atoms with Crippen molar-refractivity contribution in [1.29, 1.82) is 0 Å². The zero-order valence-corrected chi connectivity index (χ0v) is 14.3. The fraction of sp³-hybridized carbons (Fsp3) is 0.778. The lowest BCUT2D eigenvalue weighted by Crippen LogP contribution is -1.97. The summed E-state index contributed by atoms with van der Waals surface area (Å²) in [6.07, 6.45) is 14.9. The summed E-state index contributed by atoms with van der Waals surface area (Å²) in [6, 6.07) is 2.11. The zero-order valence-electron chi connectivity index (χ0n) is 13.5. The van der Waals surface area contributed by atoms with Gasteiger partial charge in [0.1, 0.15) is 5.75 Å². The number of rotatable bonds is 13. The van der Waals surface area contributed by atoms with Crippen LogP contribution in [0.3, 0.4) is 0 Å². The molecule has 0 aliphatic heterocycles. The van der Waals surface area contributed by atoms with E-state index >= 15 is 0 Å². The van der Waals surface area contributed by atoms with Gasteiger partial charge in [0.25, 0.3) is 0 Å². The van der Waals surface area contributed by atoms with Gasteiger partial charge in [-0.2, -0.15) is 0 Å². The van der Waals surface area contributed by atoms with Crippen LogP contribution in [0.1, 0.15) is 82.9 Å². The second-order valence-electron chi connectivity index (χ2n) is 5.59. The molecule has 0 saturated heterocycles. The molecule has 1 aromatic rings. The van der Waals surface area contributed by atoms with E-state index in [1.54, 1.807) is 0 Å². The van der Waals surface area contributed by atoms with Crippen LogP contribution in [0.4, 0.5) is 0 Å². The van der Waals surface area contributed by atoms with Crippen molar-refractivity contribution in [2.24, 2.45) is 0 Å². The lowest BCUT2D eigenvalue weighted by Gasteiger charge is -2.06. The van der Waals surface area contributed by atoms with Gasteiger partial charge in [-0.1, -0.05) is 71.6 Å². The number of hydrogen-bond donors (Lipinski definition) is 0. The standard InChI is InChI=1S/C18H32OS/c1-3-5-6-7-8-9-10-11-12-13-15-19-17-14-16-20-18(17)4-2/h14,16H,3-13,15H2,1-2H3. The maximum Gasteiger partial charge on any atom is 0.133 e. The molecule has 1 rings (SSSR count). The van der Waals surface area contributed by atoms with Crippen LogP contribution in [0.2, 0.25) is 0 Å². The number of unbranched alkanes of at least 4 members (excludes halogenated alkanes) is 9. The van der Waals surface area contributed by atoms with Gasteiger partial charge in [-0.15, -0.1) is 11.3 Å². The molecule has 2 heteroatoms. The molecule has 1 nitrogen and oxygen atoms in total. The van der Waals surface area contributed by atoms with Crippen LogP contribution in [-0.4, -0.2) is 6.61 Å². The molecule has 0 N–H and O–H groups in total. The Morgan fingerprint density at radius 3 is 2.05 bits per heavy atom. The predicted molar refractivity (Wildman–Crippen MR) is 91.0 cm³/mol. The quantitative estimate of drug-likeness (QED) is 0.372. The van der Waals surface area contributed by atoms with Crippen LogP contribution in [0.5, 0.6) is 5.75 Å². The van der Waals surface area contributed by atoms with E-state index in [2.05, 4.69) is 25.3 Å². The first kappa shape index (κ1) is 17.6. The Bertz CT molecular complexity index is 319. The summed E-state index contributed by atoms with van der Waals surface area (Å²) in [5, 5.41) is 2.13. The Morgan fingerprint density at radius 1 is 0.850 bits per heavy atom. The van der Waals surface area contributed by atoms with Crippen molar-refractivity contribution in [3.05, 3.63) is 16.3 Å². The minimum absolute atomic E-state index is 0.889. The molecule has 1 aromatic heterocycles. The normalized spacial score (nSPS) is 10.9. The van der Waals surface area contributed by atoms with Crippen LogP contribution in [0.15, 0.2) is 11.4 Å². The Kier molecular flexibility index (Phi) is 10.8. The summed E-state index contributed by atoms with van der Waals surface area (Å²) < 4.78 is 5.85. The van der Waals surface area contributed by atoms with Gasteiger partial charge in [0.05, 0.1) is 6.61 Å². The van der Waals surface area contributed by atoms with Crippen LogP contribution in [-0.2, 0) is 6.42 Å². The van der Waals surface area contributed by atoms with Gasteiger partial charge in [-0.05, 0) is 24.3 Å². The molecular formula is C18H32OS. The fourth-order valence-electron chi connectivity index (χ4n) is 2.49. The number of aryl methyl sites for hydroxylation is 1. The molecule has 0 unspecified atom stereocenters. The molecule has 0 saturated carbocycles. The van der Waals surface area contributed by atoms with Gasteiger partial charge in [0.15, 0.2) is 0 Å². The van der Waals surface area contributed by atoms with Crippen molar-refractivity contribution in [1.82, 2.24) is 0 Å². The molecule has 0 spiro atoms. The van der Waals surface area contributed by atoms with Gasteiger partial charge < -0.3 is 4.74 Å². The second-order valence-corrected chi connectivity index (χ2v) is 6.59. The molecule has 116 valence electrons. The van der Waals surface area contributed by atoms with Gasteiger partial charge in [0.2, 0.25) is 0 Å². The molecule has 1 heterocycles. The highest BCUT2D eigenvalue weighted by atomic mass is 32.1. The van der Waals surface area contributed by atoms with Gasteiger partial charge >= 0.3 is 0 Å². The molecule has 0 aliphatic rings. The molecular weight excluding hydrogens is 264 g/mol. The molecule has 0 amide bonds. The van der Waals surface area contributed by atoms with E-state index in [1.165, 1.54) is 69.1 Å². The minimum Gasteiger partial charge on any atom is -0.492 e. The first-order chi connectivity index (χ1) is 9.88. The minimum atomic E-state index is 0.889. The Labute approximate surface area is 129 Å². The topological polar surface area (TPSA) is 9.23 Å². The van der Waals surface area contributed by atoms with Gasteiger partial charge in [-0.3, -0.25) is 0 Å². The largest absolute Gasteiger partial charge is 0.492 e. The third-order valence-corrected chi connectivity index (χ3v) is 4.83. The predicted octanol–water partition coefficient (Wildman–Crippen LogP) is 6.61. The molecule has 0 aliphatic carbocycles. The maximum absolute atomic E-state index is 5.85. The zero-order chi connectivity index (χ0) is 14.5. The maximum atomic E-state index is 5.85. The third kappa shape index (κ3) is 7.94. The summed E-state index contributed by atoms with van der Waals surface area (Å²) in [5.41, 5.74) is 0. The van der Waals surface area contributed by atoms with Crippen LogP contribution in [0.25, 0.3) is 0 Å². The van der Waals surface area contributed by atoms with Gasteiger partial charge in [0, 0.05) is 4.88 Å². The summed E-state index contributed by atoms with van der Waals surface area (Å²) in [4.78, 5) is 1.39. The molecule has 0 atom stereocenters. The van der Waals surface area contributed by atoms with E-state index in [4.69, 9.17) is 4.74 Å². The summed E-state index contributed by atoms with van der Waals surface area (Å²) in [5.74, 6) is 1.12. The average molecular weight is 297 g/mol. The smallest absolute Gasteiger partial charge is 0.133 e. The van der Waals surface area contributed by atoms with E-state index in [0.717, 1.165) is 18.8 Å². The molecule has 0 bridgehead atoms. The number of hydrogen-bond acceptors (Lipinski definition) is 2. The highest BCUT2D eigenvalue weighted by Crippen LogP contribution is 2.25. The molecule has 0 aromatic carbocycles. The molecule has 0 fully saturated rings. The van der Waals surface area contributed by atoms with E-state index in [1.807, 2.05) is 11.3 Å². The Balaban J connectivity index is 1.85. The SMILES string of the molecule is CCCCCCCCCCCCOc1ccsc1CC. The lowest BCUT2D eigenvalue weighted by molar-refractivity contribution is 0.303. The number of thiophene rings is 1. The third-order valence-electron chi connectivity index (χ3n) is 3.78. The van der Waals surface area contributed by atoms with Crippen LogP contribution < -0.4 is 4.74 Å². The monoisotopic (exact) mass is 296 g/mol. The van der Waals surface area contributed by atoms with Crippen LogP contribution in [0, 0.1) is 0 Å². The van der Waals surface area contributed by atoms with Crippen molar-refractivity contribution < 1.29 is 4.74 Å². The second kappa shape index (κ2) is 12.3. The van der Waals surface area contributed by atoms with E-state index in [9.17, 15) is 0 Å². The molecule has 0 radical (unpaired) electrons. The highest BCUT2D eigenvalue weighted by molar-refractivity contribution is 7.10. The van der Waals surface area contributed by atoms with E-state index < -0.39 is 0 Å². The molecule has 20 heavy (non-hydrogen) atoms. The van der Waals surface area contributed by atoms with Crippen molar-refractivity contribution >= 4 is 11.3 Å². The van der Waals surface area contributed by atoms with Crippen molar-refractivity contribution in [2.45, 2.75) is 84.5 Å². The summed E-state index contributed by atoms with van der Waals surface area (Å²) in [7, 11) is 0. The highest BCUT2D eigenvalue weighted by Gasteiger charge is 2.02. The first-order valence-corrected chi connectivity index (χ1v) is 9.45. The first-order valence-electron chi connectivity index (χ1n) is 8.57. The fourth-order valence-corrected chi connectivity index (χ4v) is 3.25. The van der Waals surface area contributed by atoms with E-state index in [0.29, 0.717) is 0 Å². The van der Waals surface area contributed by atoms with Crippen molar-refractivity contribution in [3.63, 3.8) is 0 Å². The lowest BCUT2D eigenvalue weighted by atomic mass is 10.1. The van der Waals surface area contributed by atoms with Gasteiger partial charge in [-0.25, -0.2) is 0 Å². The van der Waals surface area contributed by atoms with Crippen molar-refractivity contribution in [3.8, 4) is 5.75 Å². The van der Waals surface area contributed by atoms with Crippen LogP contribution >= 0.6 is 11.3 Å². The summed E-state index contributed by atoms with van der Waals surface area (Å²) >= 11 is 1.81. The number of ether oxygens (including phenoxy) is 1. The Hall–Kier alpha value is -0.500. The van der Waals surface area contributed by atoms with E-state index in [-0.39, 0.29) is 0 Å². The summed E-state index contributed by atoms with van der Waals surface area (Å²) in [6.45, 7) is 5.36. The Morgan fingerprint density at radius 2 is 1.45 bits per heavy atom. The van der Waals surface area contributed by atoms with Crippen molar-refractivity contribution in [2.75, 3.05) is 6.61 Å².